The van der Waals surface area contributed by atoms with Gasteiger partial charge in [0.05, 0.1) is 5.92 Å². The van der Waals surface area contributed by atoms with Crippen molar-refractivity contribution in [3.8, 4) is 0 Å². The Bertz CT molecular complexity index is 489. The first-order valence-corrected chi connectivity index (χ1v) is 6.31. The van der Waals surface area contributed by atoms with Crippen molar-refractivity contribution in [2.45, 2.75) is 0 Å². The zero-order valence-electron chi connectivity index (χ0n) is 9.54. The zero-order chi connectivity index (χ0) is 13.1. The molecule has 0 aliphatic carbocycles. The summed E-state index contributed by atoms with van der Waals surface area (Å²) in [5.74, 6) is -1.39. The topological polar surface area (TPSA) is 57.6 Å². The Hall–Kier alpha value is -1.62. The summed E-state index contributed by atoms with van der Waals surface area (Å²) in [4.78, 5) is 23.8. The maximum Gasteiger partial charge on any atom is 0.310 e. The zero-order valence-corrected chi connectivity index (χ0v) is 11.1. The molecule has 1 amide bonds. The molecule has 0 unspecified atom stereocenters. The SMILES string of the molecule is O=C(O)C1CN(C(=O)C=Cc2ccc(Br)cc2)C1. The van der Waals surface area contributed by atoms with Gasteiger partial charge in [0.25, 0.3) is 0 Å². The number of hydrogen-bond acceptors (Lipinski definition) is 2. The first-order valence-electron chi connectivity index (χ1n) is 5.51. The Balaban J connectivity index is 1.89. The summed E-state index contributed by atoms with van der Waals surface area (Å²) in [5, 5.41) is 8.71. The van der Waals surface area contributed by atoms with E-state index in [2.05, 4.69) is 15.9 Å². The number of carboxylic acids is 1. The van der Waals surface area contributed by atoms with Gasteiger partial charge in [-0.3, -0.25) is 9.59 Å². The lowest BCUT2D eigenvalue weighted by atomic mass is 10.0. The van der Waals surface area contributed by atoms with Gasteiger partial charge < -0.3 is 10.0 Å². The lowest BCUT2D eigenvalue weighted by Crippen LogP contribution is -2.52. The number of hydrogen-bond donors (Lipinski definition) is 1. The van der Waals surface area contributed by atoms with E-state index in [1.54, 1.807) is 6.08 Å². The van der Waals surface area contributed by atoms with Gasteiger partial charge in [0.1, 0.15) is 0 Å². The quantitative estimate of drug-likeness (QED) is 0.869. The molecule has 0 aromatic heterocycles. The van der Waals surface area contributed by atoms with Crippen LogP contribution >= 0.6 is 15.9 Å². The Morgan fingerprint density at radius 3 is 2.44 bits per heavy atom. The molecular weight excluding hydrogens is 298 g/mol. The number of carbonyl (C=O) groups excluding carboxylic acids is 1. The fraction of sp³-hybridized carbons (Fsp3) is 0.231. The number of carboxylic acid groups (broad SMARTS) is 1. The normalized spacial score (nSPS) is 15.7. The summed E-state index contributed by atoms with van der Waals surface area (Å²) in [6, 6.07) is 7.58. The molecule has 1 saturated heterocycles. The number of nitrogens with zero attached hydrogens (tertiary/aromatic N) is 1. The maximum absolute atomic E-state index is 11.7. The minimum atomic E-state index is -0.837. The van der Waals surface area contributed by atoms with Crippen molar-refractivity contribution >= 4 is 33.9 Å². The number of carbonyl (C=O) groups is 2. The van der Waals surface area contributed by atoms with E-state index in [4.69, 9.17) is 5.11 Å². The molecule has 5 heteroatoms. The van der Waals surface area contributed by atoms with Crippen LogP contribution in [0.2, 0.25) is 0 Å². The van der Waals surface area contributed by atoms with Crippen LogP contribution in [0.3, 0.4) is 0 Å². The van der Waals surface area contributed by atoms with E-state index in [1.807, 2.05) is 24.3 Å². The lowest BCUT2D eigenvalue weighted by molar-refractivity contribution is -0.151. The fourth-order valence-corrected chi connectivity index (χ4v) is 1.93. The van der Waals surface area contributed by atoms with Crippen LogP contribution in [0.1, 0.15) is 5.56 Å². The van der Waals surface area contributed by atoms with Crippen molar-refractivity contribution in [1.29, 1.82) is 0 Å². The van der Waals surface area contributed by atoms with Crippen LogP contribution < -0.4 is 0 Å². The third-order valence-electron chi connectivity index (χ3n) is 2.83. The van der Waals surface area contributed by atoms with Gasteiger partial charge in [-0.1, -0.05) is 28.1 Å². The van der Waals surface area contributed by atoms with Crippen LogP contribution in [0, 0.1) is 5.92 Å². The van der Waals surface area contributed by atoms with Gasteiger partial charge in [0.15, 0.2) is 0 Å². The molecule has 1 aromatic carbocycles. The van der Waals surface area contributed by atoms with E-state index >= 15 is 0 Å². The molecule has 94 valence electrons. The minimum Gasteiger partial charge on any atom is -0.481 e. The van der Waals surface area contributed by atoms with Crippen LogP contribution in [-0.4, -0.2) is 35.0 Å². The third kappa shape index (κ3) is 2.98. The lowest BCUT2D eigenvalue weighted by Gasteiger charge is -2.35. The molecule has 1 heterocycles. The predicted molar refractivity (Wildman–Crippen MR) is 70.9 cm³/mol. The number of amides is 1. The Morgan fingerprint density at radius 1 is 1.28 bits per heavy atom. The molecule has 1 fully saturated rings. The highest BCUT2D eigenvalue weighted by atomic mass is 79.9. The van der Waals surface area contributed by atoms with Crippen molar-refractivity contribution in [3.05, 3.63) is 40.4 Å². The van der Waals surface area contributed by atoms with E-state index in [1.165, 1.54) is 11.0 Å². The largest absolute Gasteiger partial charge is 0.481 e. The van der Waals surface area contributed by atoms with Gasteiger partial charge in [-0.25, -0.2) is 0 Å². The Kier molecular flexibility index (Phi) is 3.81. The second-order valence-electron chi connectivity index (χ2n) is 4.16. The molecule has 1 aromatic rings. The molecule has 18 heavy (non-hydrogen) atoms. The molecule has 4 nitrogen and oxygen atoms in total. The smallest absolute Gasteiger partial charge is 0.310 e. The van der Waals surface area contributed by atoms with E-state index in [0.29, 0.717) is 13.1 Å². The monoisotopic (exact) mass is 309 g/mol. The molecule has 1 aliphatic rings. The minimum absolute atomic E-state index is 0.143. The number of halogens is 1. The molecular formula is C13H12BrNO3. The summed E-state index contributed by atoms with van der Waals surface area (Å²) in [7, 11) is 0. The molecule has 2 rings (SSSR count). The van der Waals surface area contributed by atoms with Crippen molar-refractivity contribution in [2.75, 3.05) is 13.1 Å². The standard InChI is InChI=1S/C13H12BrNO3/c14-11-4-1-9(2-5-11)3-6-12(16)15-7-10(8-15)13(17)18/h1-6,10H,7-8H2,(H,17,18). The van der Waals surface area contributed by atoms with Crippen LogP contribution in [0.25, 0.3) is 6.08 Å². The maximum atomic E-state index is 11.7. The Labute approximate surface area is 113 Å². The summed E-state index contributed by atoms with van der Waals surface area (Å²) >= 11 is 3.33. The third-order valence-corrected chi connectivity index (χ3v) is 3.36. The first kappa shape index (κ1) is 12.8. The second-order valence-corrected chi connectivity index (χ2v) is 5.08. The van der Waals surface area contributed by atoms with Crippen molar-refractivity contribution < 1.29 is 14.7 Å². The van der Waals surface area contributed by atoms with Gasteiger partial charge in [0.2, 0.25) is 5.91 Å². The van der Waals surface area contributed by atoms with Gasteiger partial charge >= 0.3 is 5.97 Å². The molecule has 0 saturated carbocycles. The van der Waals surface area contributed by atoms with E-state index in [0.717, 1.165) is 10.0 Å². The number of rotatable bonds is 3. The van der Waals surface area contributed by atoms with Crippen LogP contribution in [0.5, 0.6) is 0 Å². The molecule has 1 N–H and O–H groups in total. The fourth-order valence-electron chi connectivity index (χ4n) is 1.66. The Morgan fingerprint density at radius 2 is 1.89 bits per heavy atom. The van der Waals surface area contributed by atoms with Gasteiger partial charge in [-0.2, -0.15) is 0 Å². The van der Waals surface area contributed by atoms with E-state index in [-0.39, 0.29) is 5.91 Å². The average molecular weight is 310 g/mol. The van der Waals surface area contributed by atoms with Gasteiger partial charge in [-0.15, -0.1) is 0 Å². The number of aliphatic carboxylic acids is 1. The summed E-state index contributed by atoms with van der Waals surface area (Å²) < 4.78 is 0.984. The molecule has 0 atom stereocenters. The number of likely N-dealkylation sites (tertiary alicyclic amines) is 1. The second kappa shape index (κ2) is 5.35. The highest BCUT2D eigenvalue weighted by Gasteiger charge is 2.34. The highest BCUT2D eigenvalue weighted by Crippen LogP contribution is 2.16. The summed E-state index contributed by atoms with van der Waals surface area (Å²) in [5.41, 5.74) is 0.932. The predicted octanol–water partition coefficient (Wildman–Crippen LogP) is 2.01. The molecule has 0 radical (unpaired) electrons. The van der Waals surface area contributed by atoms with Crippen LogP contribution in [0.4, 0.5) is 0 Å². The van der Waals surface area contributed by atoms with Gasteiger partial charge in [0, 0.05) is 23.6 Å². The number of benzene rings is 1. The van der Waals surface area contributed by atoms with E-state index in [9.17, 15) is 9.59 Å². The van der Waals surface area contributed by atoms with Crippen LogP contribution in [-0.2, 0) is 9.59 Å². The van der Waals surface area contributed by atoms with Crippen molar-refractivity contribution in [2.24, 2.45) is 5.92 Å². The summed E-state index contributed by atoms with van der Waals surface area (Å²) in [6.45, 7) is 0.609. The first-order chi connectivity index (χ1) is 8.56. The molecule has 1 aliphatic heterocycles. The van der Waals surface area contributed by atoms with Gasteiger partial charge in [-0.05, 0) is 23.8 Å². The molecule has 0 spiro atoms. The summed E-state index contributed by atoms with van der Waals surface area (Å²) in [6.07, 6.45) is 3.20. The van der Waals surface area contributed by atoms with Crippen molar-refractivity contribution in [3.63, 3.8) is 0 Å². The molecule has 0 bridgehead atoms. The highest BCUT2D eigenvalue weighted by molar-refractivity contribution is 9.10. The van der Waals surface area contributed by atoms with Crippen molar-refractivity contribution in [1.82, 2.24) is 4.90 Å². The average Bonchev–Trinajstić information content (AvgIpc) is 2.25. The van der Waals surface area contributed by atoms with Crippen LogP contribution in [0.15, 0.2) is 34.8 Å². The van der Waals surface area contributed by atoms with E-state index < -0.39 is 11.9 Å².